The van der Waals surface area contributed by atoms with Crippen molar-refractivity contribution in [2.75, 3.05) is 10.6 Å². The summed E-state index contributed by atoms with van der Waals surface area (Å²) in [7, 11) is 0. The molecule has 1 fully saturated rings. The van der Waals surface area contributed by atoms with Crippen molar-refractivity contribution in [3.63, 3.8) is 0 Å². The zero-order valence-corrected chi connectivity index (χ0v) is 20.0. The average Bonchev–Trinajstić information content (AvgIpc) is 3.47. The average molecular weight is 496 g/mol. The molecule has 0 aliphatic heterocycles. The van der Waals surface area contributed by atoms with E-state index in [9.17, 15) is 18.8 Å². The van der Waals surface area contributed by atoms with Gasteiger partial charge in [-0.05, 0) is 55.1 Å². The number of carbonyl (C=O) groups is 3. The molecule has 1 heterocycles. The molecule has 35 heavy (non-hydrogen) atoms. The number of nitrogens with two attached hydrogens (primary N) is 2. The molecule has 0 radical (unpaired) electrons. The third-order valence-corrected chi connectivity index (χ3v) is 6.91. The van der Waals surface area contributed by atoms with Crippen molar-refractivity contribution in [3.05, 3.63) is 76.0 Å². The first-order chi connectivity index (χ1) is 16.8. The zero-order chi connectivity index (χ0) is 25.1. The van der Waals surface area contributed by atoms with E-state index in [1.54, 1.807) is 12.1 Å². The fourth-order valence-corrected chi connectivity index (χ4v) is 5.01. The first-order valence-electron chi connectivity index (χ1n) is 11.3. The number of nitrogen functional groups attached to an aromatic ring is 1. The van der Waals surface area contributed by atoms with E-state index in [0.29, 0.717) is 17.1 Å². The number of amides is 3. The van der Waals surface area contributed by atoms with Crippen LogP contribution in [0.2, 0.25) is 0 Å². The normalized spacial score (nSPS) is 14.5. The fourth-order valence-electron chi connectivity index (χ4n) is 4.26. The van der Waals surface area contributed by atoms with Crippen molar-refractivity contribution in [2.45, 2.75) is 44.7 Å². The molecule has 182 valence electrons. The third kappa shape index (κ3) is 5.17. The van der Waals surface area contributed by atoms with Gasteiger partial charge in [0.05, 0.1) is 5.69 Å². The molecule has 3 aromatic rings. The maximum absolute atomic E-state index is 14.3. The lowest BCUT2D eigenvalue weighted by Gasteiger charge is -2.32. The van der Waals surface area contributed by atoms with Crippen LogP contribution in [0.1, 0.15) is 63.0 Å². The van der Waals surface area contributed by atoms with Crippen LogP contribution in [0, 0.1) is 12.7 Å². The standard InChI is InChI=1S/C25H26FN5O3S/c1-14-9-11-15(12-10-14)21(24(33)29-17-6-2-3-7-17)31(18-8-4-5-16(26)13-18)25(34)22-19(27)20(23(28)32)30-35-22/h4-5,8-13,17,21H,2-3,6-7,27H2,1H3,(H2,28,32)(H,29,33). The molecule has 10 heteroatoms. The van der Waals surface area contributed by atoms with Gasteiger partial charge in [0.25, 0.3) is 11.8 Å². The molecule has 8 nitrogen and oxygen atoms in total. The Labute approximate surface area is 206 Å². The van der Waals surface area contributed by atoms with Gasteiger partial charge in [0.15, 0.2) is 5.69 Å². The SMILES string of the molecule is Cc1ccc(C(C(=O)NC2CCCC2)N(C(=O)c2snc(C(N)=O)c2N)c2cccc(F)c2)cc1. The number of anilines is 2. The van der Waals surface area contributed by atoms with Crippen molar-refractivity contribution in [1.82, 2.24) is 9.69 Å². The first kappa shape index (κ1) is 24.3. The minimum absolute atomic E-state index is 0.00477. The van der Waals surface area contributed by atoms with Gasteiger partial charge in [-0.3, -0.25) is 19.3 Å². The Morgan fingerprint density at radius 1 is 1.14 bits per heavy atom. The summed E-state index contributed by atoms with van der Waals surface area (Å²) >= 11 is 0.707. The molecule has 1 aliphatic carbocycles. The smallest absolute Gasteiger partial charge is 0.273 e. The van der Waals surface area contributed by atoms with Gasteiger partial charge in [-0.1, -0.05) is 48.7 Å². The van der Waals surface area contributed by atoms with E-state index in [1.165, 1.54) is 29.2 Å². The van der Waals surface area contributed by atoms with Crippen molar-refractivity contribution in [3.8, 4) is 0 Å². The van der Waals surface area contributed by atoms with E-state index in [1.807, 2.05) is 19.1 Å². The summed E-state index contributed by atoms with van der Waals surface area (Å²) in [6.45, 7) is 1.91. The second-order valence-corrected chi connectivity index (χ2v) is 9.37. The Morgan fingerprint density at radius 3 is 2.43 bits per heavy atom. The molecule has 4 rings (SSSR count). The number of primary amides is 1. The summed E-state index contributed by atoms with van der Waals surface area (Å²) in [4.78, 5) is 40.4. The number of hydrogen-bond donors (Lipinski definition) is 3. The Bertz CT molecular complexity index is 1250. The fraction of sp³-hybridized carbons (Fsp3) is 0.280. The maximum Gasteiger partial charge on any atom is 0.273 e. The van der Waals surface area contributed by atoms with E-state index >= 15 is 0 Å². The molecule has 0 spiro atoms. The summed E-state index contributed by atoms with van der Waals surface area (Å²) in [5.41, 5.74) is 12.7. The quantitative estimate of drug-likeness (QED) is 0.460. The predicted octanol–water partition coefficient (Wildman–Crippen LogP) is 3.72. The summed E-state index contributed by atoms with van der Waals surface area (Å²) in [6.07, 6.45) is 3.73. The molecule has 3 amide bonds. The van der Waals surface area contributed by atoms with Gasteiger partial charge in [0, 0.05) is 11.7 Å². The van der Waals surface area contributed by atoms with Crippen LogP contribution < -0.4 is 21.7 Å². The van der Waals surface area contributed by atoms with Crippen LogP contribution >= 0.6 is 11.5 Å². The van der Waals surface area contributed by atoms with Crippen molar-refractivity contribution in [2.24, 2.45) is 5.73 Å². The second-order valence-electron chi connectivity index (χ2n) is 8.60. The highest BCUT2D eigenvalue weighted by Gasteiger charge is 2.37. The summed E-state index contributed by atoms with van der Waals surface area (Å²) in [6, 6.07) is 11.5. The van der Waals surface area contributed by atoms with Crippen LogP contribution in [0.5, 0.6) is 0 Å². The molecule has 1 unspecified atom stereocenters. The van der Waals surface area contributed by atoms with E-state index in [-0.39, 0.29) is 28.0 Å². The number of carbonyl (C=O) groups excluding carboxylic acids is 3. The molecular weight excluding hydrogens is 469 g/mol. The molecule has 0 bridgehead atoms. The molecule has 1 aromatic heterocycles. The summed E-state index contributed by atoms with van der Waals surface area (Å²) in [5, 5.41) is 3.06. The summed E-state index contributed by atoms with van der Waals surface area (Å²) in [5.74, 6) is -2.53. The lowest BCUT2D eigenvalue weighted by atomic mass is 10.0. The number of halogens is 1. The van der Waals surface area contributed by atoms with E-state index in [0.717, 1.165) is 31.2 Å². The van der Waals surface area contributed by atoms with Gasteiger partial charge in [0.1, 0.15) is 16.7 Å². The number of aromatic nitrogens is 1. The van der Waals surface area contributed by atoms with Gasteiger partial charge in [0.2, 0.25) is 5.91 Å². The largest absolute Gasteiger partial charge is 0.395 e. The Kier molecular flexibility index (Phi) is 7.11. The maximum atomic E-state index is 14.3. The van der Waals surface area contributed by atoms with Crippen LogP contribution in [0.25, 0.3) is 0 Å². The molecule has 2 aromatic carbocycles. The molecule has 0 saturated heterocycles. The van der Waals surface area contributed by atoms with Crippen molar-refractivity contribution < 1.29 is 18.8 Å². The van der Waals surface area contributed by atoms with E-state index < -0.39 is 29.6 Å². The Balaban J connectivity index is 1.85. The number of hydrogen-bond acceptors (Lipinski definition) is 6. The second kappa shape index (κ2) is 10.2. The number of nitrogens with zero attached hydrogens (tertiary/aromatic N) is 2. The van der Waals surface area contributed by atoms with Gasteiger partial charge in [-0.25, -0.2) is 4.39 Å². The third-order valence-electron chi connectivity index (χ3n) is 6.06. The van der Waals surface area contributed by atoms with Crippen LogP contribution in [0.15, 0.2) is 48.5 Å². The number of rotatable bonds is 7. The first-order valence-corrected chi connectivity index (χ1v) is 12.0. The van der Waals surface area contributed by atoms with Gasteiger partial charge in [-0.15, -0.1) is 0 Å². The highest BCUT2D eigenvalue weighted by molar-refractivity contribution is 7.09. The van der Waals surface area contributed by atoms with Gasteiger partial charge in [-0.2, -0.15) is 4.37 Å². The predicted molar refractivity (Wildman–Crippen MR) is 133 cm³/mol. The molecule has 1 saturated carbocycles. The lowest BCUT2D eigenvalue weighted by Crippen LogP contribution is -2.46. The number of benzene rings is 2. The minimum atomic E-state index is -1.12. The van der Waals surface area contributed by atoms with Gasteiger partial charge >= 0.3 is 0 Å². The van der Waals surface area contributed by atoms with E-state index in [4.69, 9.17) is 11.5 Å². The van der Waals surface area contributed by atoms with Gasteiger partial charge < -0.3 is 16.8 Å². The number of nitrogens with one attached hydrogen (secondary N) is 1. The molecular formula is C25H26FN5O3S. The van der Waals surface area contributed by atoms with Crippen LogP contribution in [0.3, 0.4) is 0 Å². The van der Waals surface area contributed by atoms with E-state index in [2.05, 4.69) is 9.69 Å². The van der Waals surface area contributed by atoms with Crippen LogP contribution in [0.4, 0.5) is 15.8 Å². The van der Waals surface area contributed by atoms with Crippen LogP contribution in [-0.4, -0.2) is 28.1 Å². The Morgan fingerprint density at radius 2 is 1.83 bits per heavy atom. The van der Waals surface area contributed by atoms with Crippen LogP contribution in [-0.2, 0) is 4.79 Å². The monoisotopic (exact) mass is 495 g/mol. The Hall–Kier alpha value is -3.79. The molecule has 5 N–H and O–H groups in total. The molecule has 1 aliphatic rings. The topological polar surface area (TPSA) is 131 Å². The van der Waals surface area contributed by atoms with Crippen molar-refractivity contribution >= 4 is 40.6 Å². The number of aryl methyl sites for hydroxylation is 1. The van der Waals surface area contributed by atoms with Crippen molar-refractivity contribution in [1.29, 1.82) is 0 Å². The zero-order valence-electron chi connectivity index (χ0n) is 19.2. The lowest BCUT2D eigenvalue weighted by molar-refractivity contribution is -0.123. The minimum Gasteiger partial charge on any atom is -0.395 e. The highest BCUT2D eigenvalue weighted by Crippen LogP contribution is 2.34. The summed E-state index contributed by atoms with van der Waals surface area (Å²) < 4.78 is 18.2. The molecule has 1 atom stereocenters. The highest BCUT2D eigenvalue weighted by atomic mass is 32.1.